The van der Waals surface area contributed by atoms with Crippen molar-refractivity contribution in [1.29, 1.82) is 0 Å². The predicted octanol–water partition coefficient (Wildman–Crippen LogP) is 3.82. The van der Waals surface area contributed by atoms with E-state index in [1.54, 1.807) is 0 Å². The van der Waals surface area contributed by atoms with Crippen LogP contribution in [-0.2, 0) is 11.2 Å². The molecule has 0 radical (unpaired) electrons. The summed E-state index contributed by atoms with van der Waals surface area (Å²) in [6.45, 7) is 5.98. The van der Waals surface area contributed by atoms with Crippen molar-refractivity contribution in [3.05, 3.63) is 53.1 Å². The Hall–Kier alpha value is -2.24. The number of carbonyl (C=O) groups excluding carboxylic acids is 1. The number of anilines is 2. The van der Waals surface area contributed by atoms with E-state index in [1.165, 1.54) is 5.69 Å². The van der Waals surface area contributed by atoms with Gasteiger partial charge in [-0.1, -0.05) is 11.6 Å². The molecule has 0 unspecified atom stereocenters. The molecule has 6 heteroatoms. The fourth-order valence-electron chi connectivity index (χ4n) is 3.81. The van der Waals surface area contributed by atoms with Crippen LogP contribution in [0.2, 0.25) is 5.02 Å². The van der Waals surface area contributed by atoms with Gasteiger partial charge in [-0.2, -0.15) is 0 Å². The normalized spacial score (nSPS) is 17.2. The molecule has 0 bridgehead atoms. The Kier molecular flexibility index (Phi) is 6.03. The summed E-state index contributed by atoms with van der Waals surface area (Å²) in [4.78, 5) is 16.3. The Morgan fingerprint density at radius 3 is 2.57 bits per heavy atom. The molecule has 0 spiro atoms. The lowest BCUT2D eigenvalue weighted by Crippen LogP contribution is -2.46. The standard InChI is InChI=1S/C22H26ClN3O2/c23-18-3-5-19(6-4-18)26-13-11-25(12-14-26)10-1-15-28-20-7-8-21-17(16-20)2-9-22(27)24-21/h3-8,16H,1-2,9-15H2,(H,24,27). The van der Waals surface area contributed by atoms with Crippen molar-refractivity contribution in [3.63, 3.8) is 0 Å². The van der Waals surface area contributed by atoms with E-state index in [0.29, 0.717) is 13.0 Å². The Bertz CT molecular complexity index is 817. The van der Waals surface area contributed by atoms with Crippen LogP contribution in [0.25, 0.3) is 0 Å². The molecule has 0 atom stereocenters. The third-order valence-corrected chi connectivity index (χ3v) is 5.68. The molecule has 4 rings (SSSR count). The van der Waals surface area contributed by atoms with Crippen molar-refractivity contribution in [2.45, 2.75) is 19.3 Å². The molecule has 2 aromatic carbocycles. The van der Waals surface area contributed by atoms with E-state index < -0.39 is 0 Å². The van der Waals surface area contributed by atoms with Gasteiger partial charge in [0.25, 0.3) is 0 Å². The molecule has 2 aliphatic heterocycles. The van der Waals surface area contributed by atoms with Gasteiger partial charge in [0, 0.05) is 55.5 Å². The van der Waals surface area contributed by atoms with Crippen molar-refractivity contribution in [3.8, 4) is 5.75 Å². The predicted molar refractivity (Wildman–Crippen MR) is 114 cm³/mol. The summed E-state index contributed by atoms with van der Waals surface area (Å²) in [6, 6.07) is 14.0. The van der Waals surface area contributed by atoms with E-state index >= 15 is 0 Å². The smallest absolute Gasteiger partial charge is 0.224 e. The lowest BCUT2D eigenvalue weighted by Gasteiger charge is -2.36. The Morgan fingerprint density at radius 2 is 1.79 bits per heavy atom. The first kappa shape index (κ1) is 19.1. The van der Waals surface area contributed by atoms with Gasteiger partial charge in [0.2, 0.25) is 5.91 Å². The third-order valence-electron chi connectivity index (χ3n) is 5.42. The topological polar surface area (TPSA) is 44.8 Å². The number of amides is 1. The first-order valence-corrected chi connectivity index (χ1v) is 10.3. The summed E-state index contributed by atoms with van der Waals surface area (Å²) in [5.41, 5.74) is 3.33. The molecule has 28 heavy (non-hydrogen) atoms. The van der Waals surface area contributed by atoms with Crippen molar-refractivity contribution in [2.24, 2.45) is 0 Å². The van der Waals surface area contributed by atoms with E-state index in [1.807, 2.05) is 24.3 Å². The molecule has 5 nitrogen and oxygen atoms in total. The largest absolute Gasteiger partial charge is 0.494 e. The number of nitrogens with zero attached hydrogens (tertiary/aromatic N) is 2. The molecule has 2 heterocycles. The van der Waals surface area contributed by atoms with Crippen LogP contribution in [0, 0.1) is 0 Å². The first-order chi connectivity index (χ1) is 13.7. The minimum atomic E-state index is 0.0947. The molecule has 2 aromatic rings. The number of rotatable bonds is 6. The lowest BCUT2D eigenvalue weighted by atomic mass is 10.0. The van der Waals surface area contributed by atoms with Crippen LogP contribution in [0.1, 0.15) is 18.4 Å². The molecular weight excluding hydrogens is 374 g/mol. The fraction of sp³-hybridized carbons (Fsp3) is 0.409. The van der Waals surface area contributed by atoms with E-state index in [2.05, 4.69) is 33.3 Å². The van der Waals surface area contributed by atoms with Gasteiger partial charge in [-0.15, -0.1) is 0 Å². The highest BCUT2D eigenvalue weighted by Crippen LogP contribution is 2.27. The monoisotopic (exact) mass is 399 g/mol. The van der Waals surface area contributed by atoms with Crippen LogP contribution in [0.15, 0.2) is 42.5 Å². The van der Waals surface area contributed by atoms with Crippen molar-refractivity contribution < 1.29 is 9.53 Å². The minimum Gasteiger partial charge on any atom is -0.494 e. The van der Waals surface area contributed by atoms with Gasteiger partial charge in [0.05, 0.1) is 6.61 Å². The van der Waals surface area contributed by atoms with E-state index in [0.717, 1.165) is 67.6 Å². The second kappa shape index (κ2) is 8.84. The van der Waals surface area contributed by atoms with Crippen LogP contribution in [0.4, 0.5) is 11.4 Å². The summed E-state index contributed by atoms with van der Waals surface area (Å²) in [5, 5.41) is 3.69. The number of carbonyl (C=O) groups is 1. The minimum absolute atomic E-state index is 0.0947. The van der Waals surface area contributed by atoms with Gasteiger partial charge in [-0.3, -0.25) is 9.69 Å². The maximum atomic E-state index is 11.4. The van der Waals surface area contributed by atoms with Crippen molar-refractivity contribution in [2.75, 3.05) is 49.5 Å². The van der Waals surface area contributed by atoms with Gasteiger partial charge < -0.3 is 15.0 Å². The zero-order chi connectivity index (χ0) is 19.3. The van der Waals surface area contributed by atoms with Gasteiger partial charge >= 0.3 is 0 Å². The maximum Gasteiger partial charge on any atom is 0.224 e. The van der Waals surface area contributed by atoms with Crippen LogP contribution in [0.5, 0.6) is 5.75 Å². The van der Waals surface area contributed by atoms with Gasteiger partial charge in [0.1, 0.15) is 5.75 Å². The zero-order valence-electron chi connectivity index (χ0n) is 16.0. The fourth-order valence-corrected chi connectivity index (χ4v) is 3.94. The highest BCUT2D eigenvalue weighted by molar-refractivity contribution is 6.30. The second-order valence-electron chi connectivity index (χ2n) is 7.37. The summed E-state index contributed by atoms with van der Waals surface area (Å²) >= 11 is 5.97. The zero-order valence-corrected chi connectivity index (χ0v) is 16.8. The Morgan fingerprint density at radius 1 is 1.00 bits per heavy atom. The van der Waals surface area contributed by atoms with Crippen LogP contribution < -0.4 is 15.0 Å². The molecular formula is C22H26ClN3O2. The molecule has 148 valence electrons. The number of piperazine rings is 1. The first-order valence-electron chi connectivity index (χ1n) is 9.96. The van der Waals surface area contributed by atoms with E-state index in [9.17, 15) is 4.79 Å². The van der Waals surface area contributed by atoms with Crippen LogP contribution >= 0.6 is 11.6 Å². The molecule has 1 saturated heterocycles. The molecule has 0 saturated carbocycles. The van der Waals surface area contributed by atoms with Crippen molar-refractivity contribution >= 4 is 28.9 Å². The van der Waals surface area contributed by atoms with Gasteiger partial charge in [-0.25, -0.2) is 0 Å². The molecule has 0 aromatic heterocycles. The number of fused-ring (bicyclic) bond motifs is 1. The van der Waals surface area contributed by atoms with E-state index in [4.69, 9.17) is 16.3 Å². The lowest BCUT2D eigenvalue weighted by molar-refractivity contribution is -0.116. The molecule has 0 aliphatic carbocycles. The number of halogens is 1. The number of hydrogen-bond acceptors (Lipinski definition) is 4. The number of aryl methyl sites for hydroxylation is 1. The molecule has 1 fully saturated rings. The molecule has 2 aliphatic rings. The number of benzene rings is 2. The molecule has 1 amide bonds. The van der Waals surface area contributed by atoms with Crippen LogP contribution in [0.3, 0.4) is 0 Å². The summed E-state index contributed by atoms with van der Waals surface area (Å²) in [5.74, 6) is 0.986. The summed E-state index contributed by atoms with van der Waals surface area (Å²) < 4.78 is 5.93. The SMILES string of the molecule is O=C1CCc2cc(OCCCN3CCN(c4ccc(Cl)cc4)CC3)ccc2N1. The van der Waals surface area contributed by atoms with E-state index in [-0.39, 0.29) is 5.91 Å². The number of nitrogens with one attached hydrogen (secondary N) is 1. The van der Waals surface area contributed by atoms with Crippen LogP contribution in [-0.4, -0.2) is 50.1 Å². The third kappa shape index (κ3) is 4.78. The van der Waals surface area contributed by atoms with Gasteiger partial charge in [0.15, 0.2) is 0 Å². The number of ether oxygens (including phenoxy) is 1. The quantitative estimate of drug-likeness (QED) is 0.750. The second-order valence-corrected chi connectivity index (χ2v) is 7.81. The Labute approximate surface area is 171 Å². The maximum absolute atomic E-state index is 11.4. The highest BCUT2D eigenvalue weighted by Gasteiger charge is 2.17. The average Bonchev–Trinajstić information content (AvgIpc) is 2.72. The number of hydrogen-bond donors (Lipinski definition) is 1. The van der Waals surface area contributed by atoms with Gasteiger partial charge in [-0.05, 0) is 60.9 Å². The average molecular weight is 400 g/mol. The summed E-state index contributed by atoms with van der Waals surface area (Å²) in [6.07, 6.45) is 2.35. The van der Waals surface area contributed by atoms with Crippen molar-refractivity contribution in [1.82, 2.24) is 4.90 Å². The highest BCUT2D eigenvalue weighted by atomic mass is 35.5. The molecule has 1 N–H and O–H groups in total. The summed E-state index contributed by atoms with van der Waals surface area (Å²) in [7, 11) is 0. The Balaban J connectivity index is 1.17.